The quantitative estimate of drug-likeness (QED) is 0.835. The number of hydrogen-bond acceptors (Lipinski definition) is 1. The highest BCUT2D eigenvalue weighted by molar-refractivity contribution is 7.80. The third-order valence-corrected chi connectivity index (χ3v) is 4.89. The largest absolute Gasteiger partial charge is 0.360 e. The van der Waals surface area contributed by atoms with E-state index < -0.39 is 0 Å². The molecule has 2 nitrogen and oxygen atoms in total. The van der Waals surface area contributed by atoms with Crippen LogP contribution in [0.1, 0.15) is 31.2 Å². The van der Waals surface area contributed by atoms with Gasteiger partial charge in [0.05, 0.1) is 0 Å². The fourth-order valence-corrected chi connectivity index (χ4v) is 3.91. The van der Waals surface area contributed by atoms with Gasteiger partial charge in [0.1, 0.15) is 0 Å². The highest BCUT2D eigenvalue weighted by Gasteiger charge is 2.39. The molecule has 2 saturated carbocycles. The summed E-state index contributed by atoms with van der Waals surface area (Å²) < 4.78 is 0. The molecule has 0 radical (unpaired) electrons. The first kappa shape index (κ1) is 13.2. The SMILES string of the molecule is S=C(NCc1cccc(Cl)c1)N[C@H]1C[C@H]2CC[C@@H]1C2. The van der Waals surface area contributed by atoms with E-state index in [4.69, 9.17) is 23.8 Å². The van der Waals surface area contributed by atoms with Crippen LogP contribution < -0.4 is 10.6 Å². The Morgan fingerprint density at radius 2 is 2.21 bits per heavy atom. The van der Waals surface area contributed by atoms with Gasteiger partial charge in [0, 0.05) is 17.6 Å². The third-order valence-electron chi connectivity index (χ3n) is 4.40. The highest BCUT2D eigenvalue weighted by Crippen LogP contribution is 2.44. The van der Waals surface area contributed by atoms with Crippen molar-refractivity contribution < 1.29 is 0 Å². The van der Waals surface area contributed by atoms with E-state index in [-0.39, 0.29) is 0 Å². The van der Waals surface area contributed by atoms with Crippen LogP contribution in [-0.2, 0) is 6.54 Å². The fourth-order valence-electron chi connectivity index (χ4n) is 3.47. The van der Waals surface area contributed by atoms with Crippen molar-refractivity contribution in [3.05, 3.63) is 34.9 Å². The zero-order valence-electron chi connectivity index (χ0n) is 10.9. The summed E-state index contributed by atoms with van der Waals surface area (Å²) in [5, 5.41) is 8.30. The van der Waals surface area contributed by atoms with Crippen LogP contribution >= 0.6 is 23.8 Å². The topological polar surface area (TPSA) is 24.1 Å². The van der Waals surface area contributed by atoms with Gasteiger partial charge in [0.25, 0.3) is 0 Å². The van der Waals surface area contributed by atoms with E-state index in [9.17, 15) is 0 Å². The maximum Gasteiger partial charge on any atom is 0.166 e. The molecule has 19 heavy (non-hydrogen) atoms. The maximum absolute atomic E-state index is 5.96. The number of nitrogens with one attached hydrogen (secondary N) is 2. The zero-order chi connectivity index (χ0) is 13.2. The first-order valence-corrected chi connectivity index (χ1v) is 7.78. The van der Waals surface area contributed by atoms with Crippen LogP contribution in [0.5, 0.6) is 0 Å². The Morgan fingerprint density at radius 3 is 2.89 bits per heavy atom. The van der Waals surface area contributed by atoms with E-state index in [1.165, 1.54) is 25.7 Å². The van der Waals surface area contributed by atoms with Crippen molar-refractivity contribution in [2.24, 2.45) is 11.8 Å². The first-order valence-electron chi connectivity index (χ1n) is 6.99. The predicted octanol–water partition coefficient (Wildman–Crippen LogP) is 3.49. The van der Waals surface area contributed by atoms with Crippen molar-refractivity contribution in [2.75, 3.05) is 0 Å². The van der Waals surface area contributed by atoms with Crippen molar-refractivity contribution in [3.8, 4) is 0 Å². The van der Waals surface area contributed by atoms with Crippen molar-refractivity contribution in [1.82, 2.24) is 10.6 Å². The molecule has 2 fully saturated rings. The Kier molecular flexibility index (Phi) is 3.94. The van der Waals surface area contributed by atoms with Gasteiger partial charge < -0.3 is 10.6 Å². The lowest BCUT2D eigenvalue weighted by molar-refractivity contribution is 0.389. The zero-order valence-corrected chi connectivity index (χ0v) is 12.4. The summed E-state index contributed by atoms with van der Waals surface area (Å²) in [5.74, 6) is 1.79. The Bertz CT molecular complexity index is 477. The fraction of sp³-hybridized carbons (Fsp3) is 0.533. The summed E-state index contributed by atoms with van der Waals surface area (Å²) in [6.07, 6.45) is 5.49. The Labute approximate surface area is 124 Å². The number of thiocarbonyl (C=S) groups is 1. The second-order valence-corrected chi connectivity index (χ2v) is 6.58. The highest BCUT2D eigenvalue weighted by atomic mass is 35.5. The molecule has 102 valence electrons. The van der Waals surface area contributed by atoms with Crippen LogP contribution in [0.4, 0.5) is 0 Å². The number of halogens is 1. The lowest BCUT2D eigenvalue weighted by Gasteiger charge is -2.24. The Morgan fingerprint density at radius 1 is 1.32 bits per heavy atom. The van der Waals surface area contributed by atoms with Crippen molar-refractivity contribution in [2.45, 2.75) is 38.3 Å². The molecule has 0 aliphatic heterocycles. The first-order chi connectivity index (χ1) is 9.20. The van der Waals surface area contributed by atoms with Gasteiger partial charge in [-0.3, -0.25) is 0 Å². The molecule has 1 aromatic rings. The smallest absolute Gasteiger partial charge is 0.166 e. The van der Waals surface area contributed by atoms with Crippen LogP contribution in [0.25, 0.3) is 0 Å². The molecule has 3 rings (SSSR count). The molecule has 3 atom stereocenters. The van der Waals surface area contributed by atoms with Crippen molar-refractivity contribution >= 4 is 28.9 Å². The molecule has 4 heteroatoms. The van der Waals surface area contributed by atoms with Gasteiger partial charge in [-0.05, 0) is 61.0 Å². The van der Waals surface area contributed by atoms with E-state index in [2.05, 4.69) is 16.7 Å². The van der Waals surface area contributed by atoms with Crippen LogP contribution in [0.3, 0.4) is 0 Å². The minimum Gasteiger partial charge on any atom is -0.360 e. The average Bonchev–Trinajstić information content (AvgIpc) is 2.99. The van der Waals surface area contributed by atoms with E-state index >= 15 is 0 Å². The van der Waals surface area contributed by atoms with Crippen molar-refractivity contribution in [1.29, 1.82) is 0 Å². The van der Waals surface area contributed by atoms with E-state index in [0.29, 0.717) is 6.04 Å². The van der Waals surface area contributed by atoms with Crippen LogP contribution in [0.2, 0.25) is 5.02 Å². The molecule has 2 N–H and O–H groups in total. The number of rotatable bonds is 3. The van der Waals surface area contributed by atoms with E-state index in [0.717, 1.165) is 34.1 Å². The third kappa shape index (κ3) is 3.21. The predicted molar refractivity (Wildman–Crippen MR) is 83.3 cm³/mol. The summed E-state index contributed by atoms with van der Waals surface area (Å²) in [4.78, 5) is 0. The minimum absolute atomic E-state index is 0.595. The second kappa shape index (κ2) is 5.68. The Hall–Kier alpha value is -0.800. The number of benzene rings is 1. The lowest BCUT2D eigenvalue weighted by atomic mass is 9.96. The summed E-state index contributed by atoms with van der Waals surface area (Å²) in [7, 11) is 0. The molecule has 2 aliphatic carbocycles. The number of fused-ring (bicyclic) bond motifs is 2. The molecule has 0 heterocycles. The van der Waals surface area contributed by atoms with Crippen LogP contribution in [-0.4, -0.2) is 11.2 Å². The molecule has 2 aliphatic rings. The standard InChI is InChI=1S/C15H19ClN2S/c16-13-3-1-2-11(7-13)9-17-15(19)18-14-8-10-4-5-12(14)6-10/h1-3,7,10,12,14H,4-6,8-9H2,(H2,17,18,19)/t10-,12+,14-/m0/s1. The average molecular weight is 295 g/mol. The molecule has 0 spiro atoms. The molecule has 0 unspecified atom stereocenters. The van der Waals surface area contributed by atoms with Crippen LogP contribution in [0, 0.1) is 11.8 Å². The second-order valence-electron chi connectivity index (χ2n) is 5.74. The van der Waals surface area contributed by atoms with Gasteiger partial charge in [-0.25, -0.2) is 0 Å². The normalized spacial score (nSPS) is 28.4. The maximum atomic E-state index is 5.96. The molecule has 0 aromatic heterocycles. The molecular weight excluding hydrogens is 276 g/mol. The molecule has 0 amide bonds. The summed E-state index contributed by atoms with van der Waals surface area (Å²) in [6, 6.07) is 8.47. The van der Waals surface area contributed by atoms with Gasteiger partial charge in [-0.1, -0.05) is 30.2 Å². The molecular formula is C15H19ClN2S. The molecule has 2 bridgehead atoms. The molecule has 0 saturated heterocycles. The van der Waals surface area contributed by atoms with E-state index in [1.54, 1.807) is 0 Å². The summed E-state index contributed by atoms with van der Waals surface area (Å²) in [5.41, 5.74) is 1.16. The van der Waals surface area contributed by atoms with Gasteiger partial charge >= 0.3 is 0 Å². The number of hydrogen-bond donors (Lipinski definition) is 2. The van der Waals surface area contributed by atoms with Gasteiger partial charge in [-0.15, -0.1) is 0 Å². The molecule has 1 aromatic carbocycles. The minimum atomic E-state index is 0.595. The lowest BCUT2D eigenvalue weighted by Crippen LogP contribution is -2.43. The monoisotopic (exact) mass is 294 g/mol. The Balaban J connectivity index is 1.47. The van der Waals surface area contributed by atoms with Crippen molar-refractivity contribution in [3.63, 3.8) is 0 Å². The van der Waals surface area contributed by atoms with Gasteiger partial charge in [-0.2, -0.15) is 0 Å². The summed E-state index contributed by atoms with van der Waals surface area (Å²) >= 11 is 11.3. The van der Waals surface area contributed by atoms with Gasteiger partial charge in [0.15, 0.2) is 5.11 Å². The van der Waals surface area contributed by atoms with Gasteiger partial charge in [0.2, 0.25) is 0 Å². The van der Waals surface area contributed by atoms with Crippen LogP contribution in [0.15, 0.2) is 24.3 Å². The summed E-state index contributed by atoms with van der Waals surface area (Å²) in [6.45, 7) is 0.729. The van der Waals surface area contributed by atoms with E-state index in [1.807, 2.05) is 18.2 Å².